The molecule has 2 aromatic heterocycles. The summed E-state index contributed by atoms with van der Waals surface area (Å²) in [5, 5.41) is 12.7. The van der Waals surface area contributed by atoms with E-state index in [2.05, 4.69) is 10.3 Å². The number of allylic oxidation sites excluding steroid dienone is 2. The number of carbonyl (C=O) groups excluding carboxylic acids is 1. The molecule has 1 amide bonds. The number of aromatic nitrogens is 2. The third-order valence-corrected chi connectivity index (χ3v) is 8.22. The van der Waals surface area contributed by atoms with Gasteiger partial charge in [-0.15, -0.1) is 0 Å². The van der Waals surface area contributed by atoms with Crippen LogP contribution in [0.5, 0.6) is 5.75 Å². The third kappa shape index (κ3) is 7.82. The van der Waals surface area contributed by atoms with Crippen LogP contribution in [0.4, 0.5) is 13.2 Å². The molecule has 0 aromatic carbocycles. The highest BCUT2D eigenvalue weighted by molar-refractivity contribution is 7.91. The van der Waals surface area contributed by atoms with Crippen molar-refractivity contribution in [3.63, 3.8) is 0 Å². The number of halogens is 4. The molecule has 0 bridgehead atoms. The lowest BCUT2D eigenvalue weighted by Gasteiger charge is -2.34. The predicted molar refractivity (Wildman–Crippen MR) is 141 cm³/mol. The SMILES string of the molecule is CCC/C(Cl)=C\C(OCC(F)(F)F)=C(/N)Oc1cn2c(C)c(C(=O)NC3(C)CCS(=O)(=O)CC3)nc2cc1C#N. The lowest BCUT2D eigenvalue weighted by Crippen LogP contribution is -2.51. The second-order valence-corrected chi connectivity index (χ2v) is 12.5. The van der Waals surface area contributed by atoms with Crippen LogP contribution in [0.1, 0.15) is 61.3 Å². The van der Waals surface area contributed by atoms with Crippen LogP contribution >= 0.6 is 11.6 Å². The van der Waals surface area contributed by atoms with Gasteiger partial charge in [-0.3, -0.25) is 9.20 Å². The van der Waals surface area contributed by atoms with Crippen LogP contribution in [0.25, 0.3) is 5.65 Å². The molecular weight excluding hydrogens is 575 g/mol. The number of amides is 1. The summed E-state index contributed by atoms with van der Waals surface area (Å²) in [6.07, 6.45) is -0.716. The molecule has 0 radical (unpaired) electrons. The molecule has 15 heteroatoms. The second-order valence-electron chi connectivity index (χ2n) is 9.68. The van der Waals surface area contributed by atoms with E-state index < -0.39 is 45.7 Å². The largest absolute Gasteiger partial charge is 0.478 e. The summed E-state index contributed by atoms with van der Waals surface area (Å²) < 4.78 is 73.9. The van der Waals surface area contributed by atoms with Crippen molar-refractivity contribution in [2.24, 2.45) is 5.73 Å². The van der Waals surface area contributed by atoms with E-state index >= 15 is 0 Å². The van der Waals surface area contributed by atoms with E-state index in [4.69, 9.17) is 26.8 Å². The summed E-state index contributed by atoms with van der Waals surface area (Å²) in [5.41, 5.74) is 5.78. The van der Waals surface area contributed by atoms with Gasteiger partial charge in [0.25, 0.3) is 5.91 Å². The Morgan fingerprint density at radius 1 is 1.38 bits per heavy atom. The molecule has 1 saturated heterocycles. The maximum Gasteiger partial charge on any atom is 0.422 e. The lowest BCUT2D eigenvalue weighted by atomic mass is 9.94. The summed E-state index contributed by atoms with van der Waals surface area (Å²) in [4.78, 5) is 17.4. The third-order valence-electron chi connectivity index (χ3n) is 6.27. The molecule has 1 aliphatic heterocycles. The summed E-state index contributed by atoms with van der Waals surface area (Å²) in [5.74, 6) is -1.76. The number of pyridine rings is 1. The molecule has 3 heterocycles. The first-order valence-electron chi connectivity index (χ1n) is 12.3. The average molecular weight is 604 g/mol. The zero-order valence-corrected chi connectivity index (χ0v) is 23.6. The highest BCUT2D eigenvalue weighted by atomic mass is 35.5. The predicted octanol–water partition coefficient (Wildman–Crippen LogP) is 4.22. The maximum atomic E-state index is 13.1. The van der Waals surface area contributed by atoms with Crippen LogP contribution in [-0.2, 0) is 14.6 Å². The van der Waals surface area contributed by atoms with Gasteiger partial charge in [0.1, 0.15) is 27.2 Å². The molecular formula is C25H29ClF3N5O5S. The van der Waals surface area contributed by atoms with Gasteiger partial charge in [0.15, 0.2) is 18.1 Å². The van der Waals surface area contributed by atoms with Crippen LogP contribution in [0.15, 0.2) is 35.0 Å². The van der Waals surface area contributed by atoms with Crippen molar-refractivity contribution in [3.05, 3.63) is 52.0 Å². The molecule has 0 saturated carbocycles. The number of nitrogens with zero attached hydrogens (tertiary/aromatic N) is 3. The molecule has 0 atom stereocenters. The molecule has 3 N–H and O–H groups in total. The number of imidazole rings is 1. The van der Waals surface area contributed by atoms with Gasteiger partial charge in [0, 0.05) is 22.7 Å². The number of rotatable bonds is 9. The van der Waals surface area contributed by atoms with Gasteiger partial charge in [-0.1, -0.05) is 24.9 Å². The zero-order valence-electron chi connectivity index (χ0n) is 22.1. The normalized spacial score (nSPS) is 17.6. The van der Waals surface area contributed by atoms with Gasteiger partial charge in [-0.05, 0) is 33.1 Å². The molecule has 40 heavy (non-hydrogen) atoms. The summed E-state index contributed by atoms with van der Waals surface area (Å²) >= 11 is 6.08. The van der Waals surface area contributed by atoms with E-state index in [1.807, 2.05) is 13.0 Å². The Kier molecular flexibility index (Phi) is 9.31. The van der Waals surface area contributed by atoms with Crippen molar-refractivity contribution < 1.29 is 35.9 Å². The molecule has 10 nitrogen and oxygen atoms in total. The van der Waals surface area contributed by atoms with Crippen molar-refractivity contribution in [1.82, 2.24) is 14.7 Å². The molecule has 0 aliphatic carbocycles. The smallest absolute Gasteiger partial charge is 0.422 e. The molecule has 3 rings (SSSR count). The van der Waals surface area contributed by atoms with Crippen LogP contribution in [-0.4, -0.2) is 53.5 Å². The number of hydrogen-bond acceptors (Lipinski definition) is 8. The number of nitrogens with one attached hydrogen (secondary N) is 1. The monoisotopic (exact) mass is 603 g/mol. The van der Waals surface area contributed by atoms with Gasteiger partial charge < -0.3 is 20.5 Å². The van der Waals surface area contributed by atoms with Gasteiger partial charge in [0.2, 0.25) is 5.88 Å². The zero-order chi connectivity index (χ0) is 29.9. The van der Waals surface area contributed by atoms with E-state index in [0.29, 0.717) is 18.5 Å². The quantitative estimate of drug-likeness (QED) is 0.320. The second kappa shape index (κ2) is 12.0. The van der Waals surface area contributed by atoms with Crippen molar-refractivity contribution >= 4 is 33.0 Å². The number of aryl methyl sites for hydroxylation is 1. The lowest BCUT2D eigenvalue weighted by molar-refractivity contribution is -0.164. The van der Waals surface area contributed by atoms with Crippen LogP contribution in [0.2, 0.25) is 0 Å². The average Bonchev–Trinajstić information content (AvgIpc) is 3.18. The summed E-state index contributed by atoms with van der Waals surface area (Å²) in [6, 6.07) is 3.24. The van der Waals surface area contributed by atoms with E-state index in [1.165, 1.54) is 16.7 Å². The first-order chi connectivity index (χ1) is 18.6. The van der Waals surface area contributed by atoms with Crippen molar-refractivity contribution in [1.29, 1.82) is 5.26 Å². The Balaban J connectivity index is 1.95. The molecule has 0 spiro atoms. The van der Waals surface area contributed by atoms with Crippen molar-refractivity contribution in [2.45, 2.75) is 58.2 Å². The molecule has 1 fully saturated rings. The Bertz CT molecular complexity index is 1500. The summed E-state index contributed by atoms with van der Waals surface area (Å²) in [7, 11) is -3.14. The Hall–Kier alpha value is -3.44. The van der Waals surface area contributed by atoms with E-state index in [-0.39, 0.29) is 52.0 Å². The van der Waals surface area contributed by atoms with Gasteiger partial charge in [0.05, 0.1) is 29.0 Å². The Labute approximate surface area is 234 Å². The number of alkyl halides is 3. The van der Waals surface area contributed by atoms with Gasteiger partial charge in [-0.25, -0.2) is 13.4 Å². The number of ether oxygens (including phenoxy) is 2. The van der Waals surface area contributed by atoms with E-state index in [0.717, 1.165) is 6.08 Å². The first kappa shape index (κ1) is 31.1. The number of fused-ring (bicyclic) bond motifs is 1. The maximum absolute atomic E-state index is 13.1. The minimum atomic E-state index is -4.65. The van der Waals surface area contributed by atoms with Crippen LogP contribution < -0.4 is 15.8 Å². The van der Waals surface area contributed by atoms with E-state index in [1.54, 1.807) is 13.8 Å². The number of nitrogens with two attached hydrogens (primary N) is 1. The van der Waals surface area contributed by atoms with Crippen LogP contribution in [0, 0.1) is 18.3 Å². The van der Waals surface area contributed by atoms with Crippen LogP contribution in [0.3, 0.4) is 0 Å². The minimum Gasteiger partial charge on any atom is -0.478 e. The number of sulfone groups is 1. The van der Waals surface area contributed by atoms with E-state index in [9.17, 15) is 31.6 Å². The Morgan fingerprint density at radius 3 is 2.60 bits per heavy atom. The topological polar surface area (TPSA) is 149 Å². The molecule has 1 aliphatic rings. The van der Waals surface area contributed by atoms with Crippen molar-refractivity contribution in [2.75, 3.05) is 18.1 Å². The summed E-state index contributed by atoms with van der Waals surface area (Å²) in [6.45, 7) is 3.54. The molecule has 218 valence electrons. The highest BCUT2D eigenvalue weighted by Gasteiger charge is 2.35. The standard InChI is InChI=1S/C25H29ClF3N5O5S/c1-4-5-17(26)11-18(38-14-25(27,28)29)22(31)39-19-13-34-15(2)21(32-20(34)10-16(19)12-30)23(35)33-24(3)6-8-40(36,37)9-7-24/h10-11,13H,4-9,14,31H2,1-3H3,(H,33,35)/b17-11+,22-18-. The van der Waals surface area contributed by atoms with Gasteiger partial charge >= 0.3 is 6.18 Å². The highest BCUT2D eigenvalue weighted by Crippen LogP contribution is 2.28. The number of nitriles is 1. The first-order valence-corrected chi connectivity index (χ1v) is 14.5. The fourth-order valence-corrected chi connectivity index (χ4v) is 6.00. The fraction of sp³-hybridized carbons (Fsp3) is 0.480. The molecule has 0 unspecified atom stereocenters. The number of hydrogen-bond donors (Lipinski definition) is 2. The minimum absolute atomic E-state index is 0.0391. The fourth-order valence-electron chi connectivity index (χ4n) is 3.98. The molecule has 2 aromatic rings. The van der Waals surface area contributed by atoms with Gasteiger partial charge in [-0.2, -0.15) is 18.4 Å². The van der Waals surface area contributed by atoms with Crippen molar-refractivity contribution in [3.8, 4) is 11.8 Å². The number of carbonyl (C=O) groups is 1. The Morgan fingerprint density at radius 2 is 2.02 bits per heavy atom.